The molecule has 0 saturated carbocycles. The average Bonchev–Trinajstić information content (AvgIpc) is 3.01. The highest BCUT2D eigenvalue weighted by atomic mass is 19.1. The van der Waals surface area contributed by atoms with Crippen LogP contribution >= 0.6 is 0 Å². The van der Waals surface area contributed by atoms with E-state index in [1.165, 1.54) is 12.1 Å². The van der Waals surface area contributed by atoms with Crippen molar-refractivity contribution in [3.63, 3.8) is 0 Å². The van der Waals surface area contributed by atoms with E-state index < -0.39 is 11.7 Å². The summed E-state index contributed by atoms with van der Waals surface area (Å²) in [6, 6.07) is 13.9. The quantitative estimate of drug-likeness (QED) is 0.528. The molecule has 0 spiro atoms. The summed E-state index contributed by atoms with van der Waals surface area (Å²) in [4.78, 5) is 17.4. The second-order valence-corrected chi connectivity index (χ2v) is 6.91. The van der Waals surface area contributed by atoms with Crippen LogP contribution < -0.4 is 5.32 Å². The first-order valence-electron chi connectivity index (χ1n) is 9.40. The lowest BCUT2D eigenvalue weighted by molar-refractivity contribution is 0.102. The Morgan fingerprint density at radius 3 is 2.79 bits per heavy atom. The minimum Gasteiger partial charge on any atom is -0.304 e. The number of amides is 1. The summed E-state index contributed by atoms with van der Waals surface area (Å²) in [6.07, 6.45) is 1.97. The van der Waals surface area contributed by atoms with E-state index in [0.717, 1.165) is 40.3 Å². The number of nitrogens with one attached hydrogen (secondary N) is 1. The SMILES string of the molecule is CCCCn1nc(NC(=O)c2ccccc2F)c2cc3ccc(C)cc3nc21. The molecule has 28 heavy (non-hydrogen) atoms. The molecule has 1 N–H and O–H groups in total. The molecule has 2 aromatic carbocycles. The van der Waals surface area contributed by atoms with E-state index in [1.807, 2.05) is 35.9 Å². The first kappa shape index (κ1) is 18.1. The maximum atomic E-state index is 14.0. The standard InChI is InChI=1S/C22H21FN4O/c1-3-4-11-27-21-17(13-15-10-9-14(2)12-19(15)24-21)20(26-27)25-22(28)16-7-5-6-8-18(16)23/h5-10,12-13H,3-4,11H2,1-2H3,(H,25,26,28). The number of unbranched alkanes of at least 4 members (excludes halogenated alkanes) is 1. The number of benzene rings is 2. The molecule has 5 nitrogen and oxygen atoms in total. The number of carbonyl (C=O) groups is 1. The lowest BCUT2D eigenvalue weighted by Gasteiger charge is -2.04. The number of nitrogens with zero attached hydrogens (tertiary/aromatic N) is 3. The fourth-order valence-electron chi connectivity index (χ4n) is 3.24. The lowest BCUT2D eigenvalue weighted by atomic mass is 10.1. The fraction of sp³-hybridized carbons (Fsp3) is 0.227. The number of hydrogen-bond acceptors (Lipinski definition) is 3. The number of anilines is 1. The van der Waals surface area contributed by atoms with Crippen LogP contribution in [-0.2, 0) is 6.54 Å². The number of aromatic nitrogens is 3. The molecule has 0 aliphatic heterocycles. The number of carbonyl (C=O) groups excluding carboxylic acids is 1. The lowest BCUT2D eigenvalue weighted by Crippen LogP contribution is -2.14. The summed E-state index contributed by atoms with van der Waals surface area (Å²) in [6.45, 7) is 4.84. The van der Waals surface area contributed by atoms with Crippen molar-refractivity contribution in [2.45, 2.75) is 33.2 Å². The van der Waals surface area contributed by atoms with Crippen LogP contribution in [0.5, 0.6) is 0 Å². The van der Waals surface area contributed by atoms with Gasteiger partial charge in [0.2, 0.25) is 0 Å². The van der Waals surface area contributed by atoms with Gasteiger partial charge in [-0.25, -0.2) is 14.1 Å². The van der Waals surface area contributed by atoms with E-state index >= 15 is 0 Å². The Kier molecular flexibility index (Phi) is 4.77. The smallest absolute Gasteiger partial charge is 0.259 e. The third kappa shape index (κ3) is 3.33. The molecule has 2 aromatic heterocycles. The molecule has 0 saturated heterocycles. The van der Waals surface area contributed by atoms with Crippen molar-refractivity contribution in [3.8, 4) is 0 Å². The zero-order valence-electron chi connectivity index (χ0n) is 15.9. The molecule has 0 atom stereocenters. The molecular weight excluding hydrogens is 355 g/mol. The van der Waals surface area contributed by atoms with E-state index in [9.17, 15) is 9.18 Å². The maximum Gasteiger partial charge on any atom is 0.259 e. The second-order valence-electron chi connectivity index (χ2n) is 6.91. The average molecular weight is 376 g/mol. The molecule has 1 amide bonds. The molecule has 4 aromatic rings. The highest BCUT2D eigenvalue weighted by Crippen LogP contribution is 2.27. The van der Waals surface area contributed by atoms with Gasteiger partial charge in [-0.2, -0.15) is 5.10 Å². The molecule has 4 rings (SSSR count). The van der Waals surface area contributed by atoms with Crippen molar-refractivity contribution in [3.05, 3.63) is 65.5 Å². The number of fused-ring (bicyclic) bond motifs is 2. The summed E-state index contributed by atoms with van der Waals surface area (Å²) in [5.41, 5.74) is 2.72. The molecular formula is C22H21FN4O. The molecule has 0 fully saturated rings. The van der Waals surface area contributed by atoms with Gasteiger partial charge in [-0.3, -0.25) is 4.79 Å². The topological polar surface area (TPSA) is 59.8 Å². The first-order chi connectivity index (χ1) is 13.6. The van der Waals surface area contributed by atoms with Gasteiger partial charge in [0.1, 0.15) is 5.82 Å². The maximum absolute atomic E-state index is 14.0. The molecule has 6 heteroatoms. The largest absolute Gasteiger partial charge is 0.304 e. The van der Waals surface area contributed by atoms with Crippen LogP contribution in [0.2, 0.25) is 0 Å². The van der Waals surface area contributed by atoms with Crippen molar-refractivity contribution >= 4 is 33.7 Å². The molecule has 0 bridgehead atoms. The summed E-state index contributed by atoms with van der Waals surface area (Å²) in [7, 11) is 0. The summed E-state index contributed by atoms with van der Waals surface area (Å²) < 4.78 is 15.8. The zero-order chi connectivity index (χ0) is 19.7. The second kappa shape index (κ2) is 7.38. The molecule has 0 aliphatic rings. The van der Waals surface area contributed by atoms with Gasteiger partial charge in [0.15, 0.2) is 11.5 Å². The summed E-state index contributed by atoms with van der Waals surface area (Å²) >= 11 is 0. The van der Waals surface area contributed by atoms with E-state index in [2.05, 4.69) is 17.3 Å². The van der Waals surface area contributed by atoms with Gasteiger partial charge in [-0.05, 0) is 43.2 Å². The van der Waals surface area contributed by atoms with Crippen LogP contribution in [-0.4, -0.2) is 20.7 Å². The Morgan fingerprint density at radius 1 is 1.18 bits per heavy atom. The third-order valence-electron chi connectivity index (χ3n) is 4.75. The minimum absolute atomic E-state index is 0.0110. The predicted molar refractivity (Wildman–Crippen MR) is 109 cm³/mol. The number of pyridine rings is 1. The minimum atomic E-state index is -0.561. The molecule has 0 radical (unpaired) electrons. The number of halogens is 1. The van der Waals surface area contributed by atoms with Crippen molar-refractivity contribution in [1.82, 2.24) is 14.8 Å². The highest BCUT2D eigenvalue weighted by Gasteiger charge is 2.18. The van der Waals surface area contributed by atoms with Gasteiger partial charge in [-0.15, -0.1) is 0 Å². The Balaban J connectivity index is 1.81. The van der Waals surface area contributed by atoms with E-state index in [-0.39, 0.29) is 5.56 Å². The monoisotopic (exact) mass is 376 g/mol. The molecule has 2 heterocycles. The van der Waals surface area contributed by atoms with Crippen LogP contribution in [0.4, 0.5) is 10.2 Å². The van der Waals surface area contributed by atoms with Crippen LogP contribution in [0.1, 0.15) is 35.7 Å². The van der Waals surface area contributed by atoms with Gasteiger partial charge in [-0.1, -0.05) is 37.6 Å². The Labute approximate surface area is 162 Å². The Bertz CT molecular complexity index is 1180. The van der Waals surface area contributed by atoms with Gasteiger partial charge in [0.25, 0.3) is 5.91 Å². The van der Waals surface area contributed by atoms with E-state index in [1.54, 1.807) is 12.1 Å². The molecule has 0 aliphatic carbocycles. The summed E-state index contributed by atoms with van der Waals surface area (Å²) in [5, 5.41) is 9.05. The summed E-state index contributed by atoms with van der Waals surface area (Å²) in [5.74, 6) is -0.688. The van der Waals surface area contributed by atoms with E-state index in [4.69, 9.17) is 4.98 Å². The van der Waals surface area contributed by atoms with Crippen molar-refractivity contribution in [2.75, 3.05) is 5.32 Å². The van der Waals surface area contributed by atoms with Gasteiger partial charge in [0, 0.05) is 11.9 Å². The van der Waals surface area contributed by atoms with Crippen molar-refractivity contribution in [1.29, 1.82) is 0 Å². The van der Waals surface area contributed by atoms with Crippen LogP contribution in [0.25, 0.3) is 21.9 Å². The Morgan fingerprint density at radius 2 is 2.00 bits per heavy atom. The zero-order valence-corrected chi connectivity index (χ0v) is 15.9. The Hall–Kier alpha value is -3.28. The van der Waals surface area contributed by atoms with Gasteiger partial charge < -0.3 is 5.32 Å². The molecule has 142 valence electrons. The molecule has 0 unspecified atom stereocenters. The number of aryl methyl sites for hydroxylation is 2. The van der Waals surface area contributed by atoms with Gasteiger partial charge in [0.05, 0.1) is 16.5 Å². The van der Waals surface area contributed by atoms with E-state index in [0.29, 0.717) is 12.4 Å². The third-order valence-corrected chi connectivity index (χ3v) is 4.75. The highest BCUT2D eigenvalue weighted by molar-refractivity contribution is 6.09. The predicted octanol–water partition coefficient (Wildman–Crippen LogP) is 5.08. The van der Waals surface area contributed by atoms with Crippen molar-refractivity contribution < 1.29 is 9.18 Å². The normalized spacial score (nSPS) is 11.2. The number of hydrogen-bond donors (Lipinski definition) is 1. The van der Waals surface area contributed by atoms with Crippen LogP contribution in [0.3, 0.4) is 0 Å². The fourth-order valence-corrected chi connectivity index (χ4v) is 3.24. The van der Waals surface area contributed by atoms with Crippen molar-refractivity contribution in [2.24, 2.45) is 0 Å². The van der Waals surface area contributed by atoms with Crippen LogP contribution in [0.15, 0.2) is 48.5 Å². The van der Waals surface area contributed by atoms with Crippen LogP contribution in [0, 0.1) is 12.7 Å². The first-order valence-corrected chi connectivity index (χ1v) is 9.40. The number of rotatable bonds is 5. The van der Waals surface area contributed by atoms with Gasteiger partial charge >= 0.3 is 0 Å².